The number of ether oxygens (including phenoxy) is 2. The summed E-state index contributed by atoms with van der Waals surface area (Å²) in [5.74, 6) is 0. The molecule has 0 aromatic heterocycles. The van der Waals surface area contributed by atoms with Gasteiger partial charge in [0, 0.05) is 26.5 Å². The second-order valence-electron chi connectivity index (χ2n) is 3.99. The highest BCUT2D eigenvalue weighted by Crippen LogP contribution is 2.27. The first-order valence-corrected chi connectivity index (χ1v) is 7.46. The van der Waals surface area contributed by atoms with E-state index in [1.165, 1.54) is 26.4 Å². The van der Waals surface area contributed by atoms with E-state index in [0.717, 1.165) is 12.3 Å². The van der Waals surface area contributed by atoms with Gasteiger partial charge in [0.2, 0.25) is 0 Å². The molecule has 0 unspecified atom stereocenters. The van der Waals surface area contributed by atoms with Gasteiger partial charge in [-0.05, 0) is 12.1 Å². The molecule has 0 radical (unpaired) electrons. The van der Waals surface area contributed by atoms with Crippen molar-refractivity contribution in [3.63, 3.8) is 0 Å². The quantitative estimate of drug-likeness (QED) is 0.455. The van der Waals surface area contributed by atoms with Crippen LogP contribution in [0.2, 0.25) is 0 Å². The van der Waals surface area contributed by atoms with Gasteiger partial charge in [-0.3, -0.25) is 10.1 Å². The zero-order chi connectivity index (χ0) is 15.3. The lowest BCUT2D eigenvalue weighted by Crippen LogP contribution is -2.24. The molecule has 0 bridgehead atoms. The average Bonchev–Trinajstić information content (AvgIpc) is 2.38. The van der Waals surface area contributed by atoms with E-state index in [1.54, 1.807) is 0 Å². The number of nitro benzene ring substituents is 1. The van der Waals surface area contributed by atoms with Crippen LogP contribution in [0.3, 0.4) is 0 Å². The molecule has 0 saturated carbocycles. The van der Waals surface area contributed by atoms with Crippen molar-refractivity contribution in [2.24, 2.45) is 0 Å². The van der Waals surface area contributed by atoms with Crippen molar-refractivity contribution in [2.45, 2.75) is 11.2 Å². The summed E-state index contributed by atoms with van der Waals surface area (Å²) in [5, 5.41) is 13.8. The van der Waals surface area contributed by atoms with Gasteiger partial charge < -0.3 is 14.8 Å². The van der Waals surface area contributed by atoms with Crippen LogP contribution in [0, 0.1) is 10.1 Å². The number of hydrogen-bond donors (Lipinski definition) is 1. The van der Waals surface area contributed by atoms with Crippen LogP contribution in [0.1, 0.15) is 0 Å². The molecule has 9 heteroatoms. The molecule has 20 heavy (non-hydrogen) atoms. The fourth-order valence-corrected chi connectivity index (χ4v) is 2.14. The maximum absolute atomic E-state index is 11.4. The van der Waals surface area contributed by atoms with Crippen molar-refractivity contribution < 1.29 is 22.8 Å². The van der Waals surface area contributed by atoms with E-state index in [9.17, 15) is 18.5 Å². The lowest BCUT2D eigenvalue weighted by Gasteiger charge is -2.15. The molecule has 1 aromatic carbocycles. The van der Waals surface area contributed by atoms with Crippen LogP contribution in [-0.2, 0) is 19.3 Å². The fraction of sp³-hybridized carbons (Fsp3) is 0.455. The molecule has 0 amide bonds. The van der Waals surface area contributed by atoms with Crippen LogP contribution in [-0.4, -0.2) is 46.7 Å². The van der Waals surface area contributed by atoms with Gasteiger partial charge in [-0.15, -0.1) is 0 Å². The number of methoxy groups -OCH3 is 2. The number of sulfone groups is 1. The molecule has 1 rings (SSSR count). The first kappa shape index (κ1) is 16.3. The number of anilines is 1. The van der Waals surface area contributed by atoms with Gasteiger partial charge in [-0.1, -0.05) is 0 Å². The third-order valence-electron chi connectivity index (χ3n) is 2.58. The molecule has 0 aliphatic heterocycles. The molecule has 0 atom stereocenters. The molecule has 0 aliphatic carbocycles. The first-order chi connectivity index (χ1) is 9.29. The van der Waals surface area contributed by atoms with Crippen LogP contribution in [0.4, 0.5) is 11.4 Å². The molecule has 0 saturated heterocycles. The van der Waals surface area contributed by atoms with Crippen molar-refractivity contribution in [1.29, 1.82) is 0 Å². The Hall–Kier alpha value is -1.71. The van der Waals surface area contributed by atoms with Crippen molar-refractivity contribution in [2.75, 3.05) is 32.3 Å². The third kappa shape index (κ3) is 4.15. The maximum Gasteiger partial charge on any atom is 0.293 e. The second kappa shape index (κ2) is 6.64. The average molecular weight is 304 g/mol. The Morgan fingerprint density at radius 2 is 1.95 bits per heavy atom. The highest BCUT2D eigenvalue weighted by atomic mass is 32.2. The number of rotatable bonds is 7. The minimum absolute atomic E-state index is 0.107. The third-order valence-corrected chi connectivity index (χ3v) is 3.69. The highest BCUT2D eigenvalue weighted by molar-refractivity contribution is 7.90. The Kier molecular flexibility index (Phi) is 5.43. The van der Waals surface area contributed by atoms with E-state index in [4.69, 9.17) is 9.47 Å². The smallest absolute Gasteiger partial charge is 0.293 e. The molecular weight excluding hydrogens is 288 g/mol. The zero-order valence-corrected chi connectivity index (χ0v) is 12.1. The SMILES string of the molecule is COC(CNc1ccc(S(C)(=O)=O)cc1[N+](=O)[O-])OC. The minimum atomic E-state index is -3.50. The van der Waals surface area contributed by atoms with E-state index in [0.29, 0.717) is 0 Å². The van der Waals surface area contributed by atoms with Crippen LogP contribution in [0.15, 0.2) is 23.1 Å². The van der Waals surface area contributed by atoms with E-state index in [-0.39, 0.29) is 22.8 Å². The largest absolute Gasteiger partial charge is 0.374 e. The van der Waals surface area contributed by atoms with Gasteiger partial charge in [0.15, 0.2) is 16.1 Å². The Bertz CT molecular complexity index is 583. The summed E-state index contributed by atoms with van der Waals surface area (Å²) >= 11 is 0. The van der Waals surface area contributed by atoms with E-state index in [2.05, 4.69) is 5.32 Å². The summed E-state index contributed by atoms with van der Waals surface area (Å²) in [5.41, 5.74) is -0.125. The summed E-state index contributed by atoms with van der Waals surface area (Å²) in [6.07, 6.45) is 0.426. The normalized spacial score (nSPS) is 11.6. The number of nitro groups is 1. The Labute approximate surface area is 116 Å². The van der Waals surface area contributed by atoms with Gasteiger partial charge in [0.05, 0.1) is 16.4 Å². The van der Waals surface area contributed by atoms with E-state index < -0.39 is 21.1 Å². The summed E-state index contributed by atoms with van der Waals surface area (Å²) < 4.78 is 32.7. The number of nitrogens with zero attached hydrogens (tertiary/aromatic N) is 1. The lowest BCUT2D eigenvalue weighted by molar-refractivity contribution is -0.384. The summed E-state index contributed by atoms with van der Waals surface area (Å²) in [6.45, 7) is 0.187. The lowest BCUT2D eigenvalue weighted by atomic mass is 10.2. The molecule has 0 heterocycles. The van der Waals surface area contributed by atoms with Crippen LogP contribution >= 0.6 is 0 Å². The van der Waals surface area contributed by atoms with Crippen molar-refractivity contribution >= 4 is 21.2 Å². The molecule has 8 nitrogen and oxygen atoms in total. The van der Waals surface area contributed by atoms with Crippen LogP contribution < -0.4 is 5.32 Å². The number of nitrogens with one attached hydrogen (secondary N) is 1. The van der Waals surface area contributed by atoms with E-state index in [1.807, 2.05) is 0 Å². The van der Waals surface area contributed by atoms with Crippen molar-refractivity contribution in [1.82, 2.24) is 0 Å². The predicted molar refractivity (Wildman–Crippen MR) is 72.5 cm³/mol. The van der Waals surface area contributed by atoms with Gasteiger partial charge in [0.25, 0.3) is 5.69 Å². The van der Waals surface area contributed by atoms with Crippen molar-refractivity contribution in [3.05, 3.63) is 28.3 Å². The Morgan fingerprint density at radius 3 is 2.40 bits per heavy atom. The van der Waals surface area contributed by atoms with Gasteiger partial charge >= 0.3 is 0 Å². The molecular formula is C11H16N2O6S. The summed E-state index contributed by atoms with van der Waals surface area (Å²) in [7, 11) is -0.615. The fourth-order valence-electron chi connectivity index (χ4n) is 1.50. The zero-order valence-electron chi connectivity index (χ0n) is 11.3. The number of benzene rings is 1. The molecule has 0 spiro atoms. The maximum atomic E-state index is 11.4. The van der Waals surface area contributed by atoms with E-state index >= 15 is 0 Å². The van der Waals surface area contributed by atoms with Crippen LogP contribution in [0.25, 0.3) is 0 Å². The monoisotopic (exact) mass is 304 g/mol. The molecule has 1 N–H and O–H groups in total. The van der Waals surface area contributed by atoms with Gasteiger partial charge in [0.1, 0.15) is 5.69 Å². The topological polar surface area (TPSA) is 108 Å². The minimum Gasteiger partial charge on any atom is -0.374 e. The predicted octanol–water partition coefficient (Wildman–Crippen LogP) is 1.03. The molecule has 1 aromatic rings. The van der Waals surface area contributed by atoms with Crippen molar-refractivity contribution in [3.8, 4) is 0 Å². The summed E-state index contributed by atoms with van der Waals surface area (Å²) in [4.78, 5) is 10.2. The number of hydrogen-bond acceptors (Lipinski definition) is 7. The standard InChI is InChI=1S/C11H16N2O6S/c1-18-11(19-2)7-12-9-5-4-8(20(3,16)17)6-10(9)13(14)15/h4-6,11-12H,7H2,1-3H3. The summed E-state index contributed by atoms with van der Waals surface area (Å²) in [6, 6.07) is 3.67. The Balaban J connectivity index is 3.05. The molecule has 0 aliphatic rings. The molecule has 112 valence electrons. The molecule has 0 fully saturated rings. The second-order valence-corrected chi connectivity index (χ2v) is 6.01. The van der Waals surface area contributed by atoms with Gasteiger partial charge in [-0.25, -0.2) is 8.42 Å². The van der Waals surface area contributed by atoms with Gasteiger partial charge in [-0.2, -0.15) is 0 Å². The first-order valence-electron chi connectivity index (χ1n) is 5.57. The van der Waals surface area contributed by atoms with Crippen LogP contribution in [0.5, 0.6) is 0 Å². The Morgan fingerprint density at radius 1 is 1.35 bits per heavy atom. The highest BCUT2D eigenvalue weighted by Gasteiger charge is 2.19.